The van der Waals surface area contributed by atoms with Gasteiger partial charge in [0, 0.05) is 24.8 Å². The van der Waals surface area contributed by atoms with Gasteiger partial charge < -0.3 is 15.3 Å². The average Bonchev–Trinajstić information content (AvgIpc) is 2.43. The first-order valence-corrected chi connectivity index (χ1v) is 7.43. The fraction of sp³-hybridized carbons (Fsp3) is 0.562. The Morgan fingerprint density at radius 2 is 2.10 bits per heavy atom. The Labute approximate surface area is 120 Å². The van der Waals surface area contributed by atoms with Crippen molar-refractivity contribution in [2.75, 3.05) is 25.0 Å². The summed E-state index contributed by atoms with van der Waals surface area (Å²) in [5.74, 6) is -0.868. The lowest BCUT2D eigenvalue weighted by molar-refractivity contribution is 0.0697. The van der Waals surface area contributed by atoms with Gasteiger partial charge >= 0.3 is 5.97 Å². The van der Waals surface area contributed by atoms with Crippen molar-refractivity contribution < 1.29 is 9.90 Å². The molecular weight excluding hydrogens is 252 g/mol. The Morgan fingerprint density at radius 3 is 2.65 bits per heavy atom. The normalized spacial score (nSPS) is 17.1. The van der Waals surface area contributed by atoms with Crippen molar-refractivity contribution in [3.8, 4) is 0 Å². The topological polar surface area (TPSA) is 52.6 Å². The van der Waals surface area contributed by atoms with E-state index in [-0.39, 0.29) is 0 Å². The summed E-state index contributed by atoms with van der Waals surface area (Å²) in [6.45, 7) is 7.67. The van der Waals surface area contributed by atoms with E-state index in [2.05, 4.69) is 17.1 Å². The number of nitrogens with zero attached hydrogens (tertiary/aromatic N) is 1. The second-order valence-electron chi connectivity index (χ2n) is 5.60. The summed E-state index contributed by atoms with van der Waals surface area (Å²) in [5.41, 5.74) is 2.41. The van der Waals surface area contributed by atoms with Crippen molar-refractivity contribution in [2.24, 2.45) is 0 Å². The van der Waals surface area contributed by atoms with Crippen LogP contribution in [-0.2, 0) is 0 Å². The number of likely N-dealkylation sites (tertiary alicyclic amines) is 1. The van der Waals surface area contributed by atoms with Crippen molar-refractivity contribution in [3.05, 3.63) is 29.3 Å². The van der Waals surface area contributed by atoms with Gasteiger partial charge in [-0.05, 0) is 56.5 Å². The van der Waals surface area contributed by atoms with Gasteiger partial charge in [-0.2, -0.15) is 0 Å². The Kier molecular flexibility index (Phi) is 5.01. The number of hydrogen-bond donors (Lipinski definition) is 2. The van der Waals surface area contributed by atoms with Crippen LogP contribution < -0.4 is 5.32 Å². The molecule has 4 heteroatoms. The molecule has 0 aliphatic carbocycles. The zero-order valence-electron chi connectivity index (χ0n) is 12.4. The lowest BCUT2D eigenvalue weighted by Crippen LogP contribution is -2.39. The molecule has 0 saturated carbocycles. The van der Waals surface area contributed by atoms with Crippen LogP contribution >= 0.6 is 0 Å². The van der Waals surface area contributed by atoms with Crippen molar-refractivity contribution in [1.82, 2.24) is 4.90 Å². The number of aromatic carboxylic acids is 1. The fourth-order valence-corrected chi connectivity index (χ4v) is 2.80. The highest BCUT2D eigenvalue weighted by atomic mass is 16.4. The maximum Gasteiger partial charge on any atom is 0.335 e. The highest BCUT2D eigenvalue weighted by molar-refractivity contribution is 5.88. The molecule has 2 N–H and O–H groups in total. The summed E-state index contributed by atoms with van der Waals surface area (Å²) in [5, 5.41) is 12.5. The fourth-order valence-electron chi connectivity index (χ4n) is 2.80. The third-order valence-electron chi connectivity index (χ3n) is 3.96. The van der Waals surface area contributed by atoms with E-state index in [1.807, 2.05) is 13.0 Å². The van der Waals surface area contributed by atoms with Gasteiger partial charge in [0.05, 0.1) is 5.56 Å². The van der Waals surface area contributed by atoms with Crippen LogP contribution in [0.3, 0.4) is 0 Å². The molecule has 0 unspecified atom stereocenters. The Hall–Kier alpha value is -1.55. The zero-order valence-corrected chi connectivity index (χ0v) is 12.4. The number of rotatable bonds is 5. The van der Waals surface area contributed by atoms with Gasteiger partial charge in [-0.25, -0.2) is 4.79 Å². The second-order valence-corrected chi connectivity index (χ2v) is 5.60. The highest BCUT2D eigenvalue weighted by Crippen LogP contribution is 2.21. The average molecular weight is 276 g/mol. The molecular formula is C16H24N2O2. The Balaban J connectivity index is 1.93. The van der Waals surface area contributed by atoms with Crippen LogP contribution in [0.15, 0.2) is 18.2 Å². The van der Waals surface area contributed by atoms with Crippen LogP contribution in [0.5, 0.6) is 0 Å². The van der Waals surface area contributed by atoms with Crippen molar-refractivity contribution >= 4 is 11.7 Å². The van der Waals surface area contributed by atoms with Crippen LogP contribution in [0.4, 0.5) is 5.69 Å². The Morgan fingerprint density at radius 1 is 1.40 bits per heavy atom. The smallest absolute Gasteiger partial charge is 0.335 e. The summed E-state index contributed by atoms with van der Waals surface area (Å²) in [7, 11) is 0. The van der Waals surface area contributed by atoms with Gasteiger partial charge in [0.2, 0.25) is 0 Å². The summed E-state index contributed by atoms with van der Waals surface area (Å²) >= 11 is 0. The maximum atomic E-state index is 10.9. The molecule has 1 aromatic carbocycles. The minimum absolute atomic E-state index is 0.353. The molecule has 110 valence electrons. The molecule has 0 amide bonds. The van der Waals surface area contributed by atoms with Crippen LogP contribution in [-0.4, -0.2) is 41.7 Å². The van der Waals surface area contributed by atoms with Crippen molar-refractivity contribution in [1.29, 1.82) is 0 Å². The summed E-state index contributed by atoms with van der Waals surface area (Å²) < 4.78 is 0. The zero-order chi connectivity index (χ0) is 14.5. The lowest BCUT2D eigenvalue weighted by atomic mass is 10.0. The van der Waals surface area contributed by atoms with Crippen molar-refractivity contribution in [3.63, 3.8) is 0 Å². The van der Waals surface area contributed by atoms with E-state index in [1.165, 1.54) is 13.0 Å². The van der Waals surface area contributed by atoms with Crippen LogP contribution in [0.25, 0.3) is 0 Å². The largest absolute Gasteiger partial charge is 0.478 e. The first-order valence-electron chi connectivity index (χ1n) is 7.43. The number of benzene rings is 1. The van der Waals surface area contributed by atoms with Gasteiger partial charge in [-0.3, -0.25) is 0 Å². The molecule has 1 fully saturated rings. The monoisotopic (exact) mass is 276 g/mol. The molecule has 1 aliphatic heterocycles. The molecule has 2 rings (SSSR count). The van der Waals surface area contributed by atoms with Gasteiger partial charge in [-0.1, -0.05) is 6.92 Å². The van der Waals surface area contributed by atoms with Crippen LogP contribution in [0, 0.1) is 6.92 Å². The predicted molar refractivity (Wildman–Crippen MR) is 81.5 cm³/mol. The number of carboxylic acid groups (broad SMARTS) is 1. The van der Waals surface area contributed by atoms with E-state index in [4.69, 9.17) is 5.11 Å². The number of hydrogen-bond acceptors (Lipinski definition) is 3. The van der Waals surface area contributed by atoms with Crippen LogP contribution in [0.1, 0.15) is 42.1 Å². The summed E-state index contributed by atoms with van der Waals surface area (Å²) in [6.07, 6.45) is 3.52. The van der Waals surface area contributed by atoms with Gasteiger partial charge in [0.15, 0.2) is 0 Å². The minimum atomic E-state index is -0.868. The minimum Gasteiger partial charge on any atom is -0.478 e. The van der Waals surface area contributed by atoms with Crippen molar-refractivity contribution in [2.45, 2.75) is 39.2 Å². The molecule has 20 heavy (non-hydrogen) atoms. The Bertz CT molecular complexity index is 466. The van der Waals surface area contributed by atoms with E-state index in [0.717, 1.165) is 37.2 Å². The molecule has 1 aromatic rings. The third kappa shape index (κ3) is 3.73. The molecule has 0 atom stereocenters. The molecule has 0 aromatic heterocycles. The van der Waals surface area contributed by atoms with E-state index in [0.29, 0.717) is 11.6 Å². The van der Waals surface area contributed by atoms with E-state index in [1.54, 1.807) is 12.1 Å². The number of anilines is 1. The SMILES string of the molecule is CCCN1CCC(Nc2ccc(C(=O)O)cc2C)CC1. The van der Waals surface area contributed by atoms with E-state index < -0.39 is 5.97 Å². The number of piperidine rings is 1. The number of nitrogens with one attached hydrogen (secondary N) is 1. The van der Waals surface area contributed by atoms with Gasteiger partial charge in [-0.15, -0.1) is 0 Å². The quantitative estimate of drug-likeness (QED) is 0.868. The first-order chi connectivity index (χ1) is 9.60. The molecule has 1 aliphatic rings. The molecule has 1 heterocycles. The van der Waals surface area contributed by atoms with E-state index >= 15 is 0 Å². The van der Waals surface area contributed by atoms with Crippen LogP contribution in [0.2, 0.25) is 0 Å². The number of aryl methyl sites for hydroxylation is 1. The molecule has 0 bridgehead atoms. The maximum absolute atomic E-state index is 10.9. The third-order valence-corrected chi connectivity index (χ3v) is 3.96. The molecule has 4 nitrogen and oxygen atoms in total. The second kappa shape index (κ2) is 6.75. The summed E-state index contributed by atoms with van der Waals surface area (Å²) in [4.78, 5) is 13.4. The van der Waals surface area contributed by atoms with Gasteiger partial charge in [0.1, 0.15) is 0 Å². The predicted octanol–water partition coefficient (Wildman–Crippen LogP) is 2.98. The first kappa shape index (κ1) is 14.9. The number of carbonyl (C=O) groups is 1. The summed E-state index contributed by atoms with van der Waals surface area (Å²) in [6, 6.07) is 5.79. The molecule has 0 spiro atoms. The highest BCUT2D eigenvalue weighted by Gasteiger charge is 2.18. The van der Waals surface area contributed by atoms with E-state index in [9.17, 15) is 4.79 Å². The molecule has 0 radical (unpaired) electrons. The molecule has 1 saturated heterocycles. The van der Waals surface area contributed by atoms with Gasteiger partial charge in [0.25, 0.3) is 0 Å². The lowest BCUT2D eigenvalue weighted by Gasteiger charge is -2.33. The standard InChI is InChI=1S/C16H24N2O2/c1-3-8-18-9-6-14(7-10-18)17-15-5-4-13(16(19)20)11-12(15)2/h4-5,11,14,17H,3,6-10H2,1-2H3,(H,19,20). The number of carboxylic acids is 1.